The van der Waals surface area contributed by atoms with Gasteiger partial charge in [0.1, 0.15) is 0 Å². The molecule has 0 N–H and O–H groups in total. The molecule has 0 radical (unpaired) electrons. The van der Waals surface area contributed by atoms with Crippen LogP contribution < -0.4 is 18.9 Å². The molecule has 5 heteroatoms. The normalized spacial score (nSPS) is 9.64. The molecule has 0 amide bonds. The predicted molar refractivity (Wildman–Crippen MR) is 49.7 cm³/mol. The maximum absolute atomic E-state index is 11.1. The van der Waals surface area contributed by atoms with E-state index in [1.54, 1.807) is 0 Å². The molecule has 78 valence electrons. The van der Waals surface area contributed by atoms with E-state index >= 15 is 0 Å². The van der Waals surface area contributed by atoms with Gasteiger partial charge in [-0.15, -0.1) is 0 Å². The summed E-state index contributed by atoms with van der Waals surface area (Å²) in [6.07, 6.45) is 2.58. The van der Waals surface area contributed by atoms with Crippen molar-refractivity contribution in [3.05, 3.63) is 17.6 Å². The number of ether oxygens (including phenoxy) is 3. The second kappa shape index (κ2) is 4.55. The average molecular weight is 199 g/mol. The number of methoxy groups -OCH3 is 2. The molecule has 0 saturated carbocycles. The van der Waals surface area contributed by atoms with Crippen LogP contribution in [0.5, 0.6) is 17.2 Å². The van der Waals surface area contributed by atoms with Crippen molar-refractivity contribution >= 4 is 0 Å². The van der Waals surface area contributed by atoms with Crippen molar-refractivity contribution < 1.29 is 18.9 Å². The van der Waals surface area contributed by atoms with Crippen molar-refractivity contribution in [2.24, 2.45) is 0 Å². The van der Waals surface area contributed by atoms with Gasteiger partial charge in [-0.05, 0) is 6.92 Å². The van der Waals surface area contributed by atoms with E-state index in [9.17, 15) is 5.21 Å². The van der Waals surface area contributed by atoms with Crippen LogP contribution in [0.1, 0.15) is 6.92 Å². The Kier molecular flexibility index (Phi) is 3.39. The number of pyridine rings is 1. The zero-order chi connectivity index (χ0) is 10.6. The van der Waals surface area contributed by atoms with Crippen LogP contribution in [-0.2, 0) is 0 Å². The van der Waals surface area contributed by atoms with Gasteiger partial charge < -0.3 is 19.4 Å². The van der Waals surface area contributed by atoms with Crippen LogP contribution in [-0.4, -0.2) is 20.8 Å². The zero-order valence-electron chi connectivity index (χ0n) is 8.44. The fourth-order valence-corrected chi connectivity index (χ4v) is 1.11. The SMILES string of the molecule is CCOc1c[n+]([O-])cc(OC)c1OC. The first kappa shape index (κ1) is 10.4. The van der Waals surface area contributed by atoms with Crippen molar-refractivity contribution in [2.45, 2.75) is 6.92 Å². The smallest absolute Gasteiger partial charge is 0.231 e. The molecule has 0 atom stereocenters. The van der Waals surface area contributed by atoms with Crippen molar-refractivity contribution in [1.29, 1.82) is 0 Å². The average Bonchev–Trinajstić information content (AvgIpc) is 2.17. The summed E-state index contributed by atoms with van der Waals surface area (Å²) in [6, 6.07) is 0. The van der Waals surface area contributed by atoms with Crippen molar-refractivity contribution in [2.75, 3.05) is 20.8 Å². The summed E-state index contributed by atoms with van der Waals surface area (Å²) in [5, 5.41) is 11.1. The third kappa shape index (κ3) is 1.99. The van der Waals surface area contributed by atoms with E-state index in [2.05, 4.69) is 0 Å². The summed E-state index contributed by atoms with van der Waals surface area (Å²) in [7, 11) is 2.96. The molecule has 0 aromatic carbocycles. The number of hydrogen-bond donors (Lipinski definition) is 0. The van der Waals surface area contributed by atoms with Gasteiger partial charge in [-0.3, -0.25) is 0 Å². The molecule has 14 heavy (non-hydrogen) atoms. The molecule has 0 aliphatic heterocycles. The molecule has 0 aliphatic carbocycles. The summed E-state index contributed by atoms with van der Waals surface area (Å²) in [4.78, 5) is 0. The van der Waals surface area contributed by atoms with Gasteiger partial charge in [0.25, 0.3) is 0 Å². The lowest BCUT2D eigenvalue weighted by Crippen LogP contribution is -2.25. The molecule has 1 aromatic rings. The second-order valence-corrected chi connectivity index (χ2v) is 2.52. The molecule has 0 saturated heterocycles. The van der Waals surface area contributed by atoms with Gasteiger partial charge in [-0.2, -0.15) is 4.73 Å². The Morgan fingerprint density at radius 3 is 2.36 bits per heavy atom. The highest BCUT2D eigenvalue weighted by atomic mass is 16.5. The van der Waals surface area contributed by atoms with Crippen molar-refractivity contribution in [3.63, 3.8) is 0 Å². The molecule has 1 rings (SSSR count). The first-order valence-corrected chi connectivity index (χ1v) is 4.20. The monoisotopic (exact) mass is 199 g/mol. The van der Waals surface area contributed by atoms with Gasteiger partial charge in [0.15, 0.2) is 0 Å². The Labute approximate surface area is 82.4 Å². The largest absolute Gasteiger partial charge is 0.618 e. The number of aromatic nitrogens is 1. The van der Waals surface area contributed by atoms with E-state index in [0.717, 1.165) is 0 Å². The van der Waals surface area contributed by atoms with Crippen LogP contribution in [0.15, 0.2) is 12.4 Å². The fourth-order valence-electron chi connectivity index (χ4n) is 1.11. The number of nitrogens with zero attached hydrogens (tertiary/aromatic N) is 1. The first-order valence-electron chi connectivity index (χ1n) is 4.20. The van der Waals surface area contributed by atoms with Gasteiger partial charge in [0.05, 0.1) is 20.8 Å². The first-order chi connectivity index (χ1) is 6.72. The number of hydrogen-bond acceptors (Lipinski definition) is 4. The topological polar surface area (TPSA) is 54.6 Å². The summed E-state index contributed by atoms with van der Waals surface area (Å²) in [5.74, 6) is 1.17. The molecule has 5 nitrogen and oxygen atoms in total. The van der Waals surface area contributed by atoms with Crippen LogP contribution in [0, 0.1) is 5.21 Å². The lowest BCUT2D eigenvalue weighted by Gasteiger charge is -2.11. The minimum atomic E-state index is 0.355. The predicted octanol–water partition coefficient (Wildman–Crippen LogP) is 0.736. The molecule has 1 heterocycles. The van der Waals surface area contributed by atoms with E-state index in [-0.39, 0.29) is 0 Å². The molecule has 0 unspecified atom stereocenters. The highest BCUT2D eigenvalue weighted by Gasteiger charge is 2.16. The van der Waals surface area contributed by atoms with Gasteiger partial charge in [0.2, 0.25) is 29.6 Å². The van der Waals surface area contributed by atoms with Gasteiger partial charge in [-0.1, -0.05) is 0 Å². The van der Waals surface area contributed by atoms with Gasteiger partial charge in [0, 0.05) is 0 Å². The Balaban J connectivity index is 3.17. The molecule has 0 fully saturated rings. The maximum Gasteiger partial charge on any atom is 0.231 e. The zero-order valence-corrected chi connectivity index (χ0v) is 8.44. The van der Waals surface area contributed by atoms with Crippen LogP contribution in [0.25, 0.3) is 0 Å². The van der Waals surface area contributed by atoms with E-state index in [0.29, 0.717) is 28.6 Å². The van der Waals surface area contributed by atoms with Crippen LogP contribution in [0.2, 0.25) is 0 Å². The second-order valence-electron chi connectivity index (χ2n) is 2.52. The quantitative estimate of drug-likeness (QED) is 0.530. The summed E-state index contributed by atoms with van der Waals surface area (Å²) in [5.41, 5.74) is 0. The standard InChI is InChI=1S/C9H13NO4/c1-4-14-8-6-10(11)5-7(12-2)9(8)13-3/h5-6H,4H2,1-3H3. The minimum Gasteiger partial charge on any atom is -0.618 e. The molecule has 0 bridgehead atoms. The summed E-state index contributed by atoms with van der Waals surface area (Å²) in [6.45, 7) is 2.29. The molecule has 0 aliphatic rings. The minimum absolute atomic E-state index is 0.355. The van der Waals surface area contributed by atoms with Gasteiger partial charge >= 0.3 is 0 Å². The van der Waals surface area contributed by atoms with Crippen LogP contribution in [0.3, 0.4) is 0 Å². The molecule has 1 aromatic heterocycles. The Bertz CT molecular complexity index is 314. The molecule has 0 spiro atoms. The van der Waals surface area contributed by atoms with Crippen molar-refractivity contribution in [1.82, 2.24) is 0 Å². The third-order valence-corrected chi connectivity index (χ3v) is 1.66. The van der Waals surface area contributed by atoms with E-state index < -0.39 is 0 Å². The third-order valence-electron chi connectivity index (χ3n) is 1.66. The molecular weight excluding hydrogens is 186 g/mol. The Morgan fingerprint density at radius 1 is 1.21 bits per heavy atom. The number of rotatable bonds is 4. The van der Waals surface area contributed by atoms with Crippen LogP contribution in [0.4, 0.5) is 0 Å². The highest BCUT2D eigenvalue weighted by molar-refractivity contribution is 5.46. The molecular formula is C9H13NO4. The van der Waals surface area contributed by atoms with E-state index in [4.69, 9.17) is 14.2 Å². The Morgan fingerprint density at radius 2 is 1.86 bits per heavy atom. The highest BCUT2D eigenvalue weighted by Crippen LogP contribution is 2.34. The summed E-state index contributed by atoms with van der Waals surface area (Å²) < 4.78 is 15.9. The van der Waals surface area contributed by atoms with E-state index in [1.807, 2.05) is 6.92 Å². The lowest BCUT2D eigenvalue weighted by atomic mass is 10.4. The summed E-state index contributed by atoms with van der Waals surface area (Å²) >= 11 is 0. The van der Waals surface area contributed by atoms with Gasteiger partial charge in [-0.25, -0.2) is 0 Å². The Hall–Kier alpha value is -1.65. The van der Waals surface area contributed by atoms with E-state index in [1.165, 1.54) is 26.6 Å². The van der Waals surface area contributed by atoms with Crippen LogP contribution >= 0.6 is 0 Å². The maximum atomic E-state index is 11.1. The fraction of sp³-hybridized carbons (Fsp3) is 0.444. The lowest BCUT2D eigenvalue weighted by molar-refractivity contribution is -0.606. The van der Waals surface area contributed by atoms with Crippen molar-refractivity contribution in [3.8, 4) is 17.2 Å².